The van der Waals surface area contributed by atoms with Gasteiger partial charge in [-0.25, -0.2) is 0 Å². The maximum atomic E-state index is 12.8. The highest BCUT2D eigenvalue weighted by atomic mass is 16.5. The lowest BCUT2D eigenvalue weighted by molar-refractivity contribution is 0.102. The first-order chi connectivity index (χ1) is 11.3. The Bertz CT molecular complexity index is 733. The van der Waals surface area contributed by atoms with E-state index in [0.717, 1.165) is 47.6 Å². The molecule has 2 aromatic rings. The molecule has 0 spiro atoms. The molecule has 0 aliphatic carbocycles. The van der Waals surface area contributed by atoms with Crippen molar-refractivity contribution in [1.82, 2.24) is 0 Å². The largest absolute Gasteiger partial charge is 0.493 e. The van der Waals surface area contributed by atoms with Gasteiger partial charge in [-0.3, -0.25) is 4.79 Å². The zero-order valence-corrected chi connectivity index (χ0v) is 13.1. The van der Waals surface area contributed by atoms with Gasteiger partial charge in [-0.05, 0) is 30.2 Å². The van der Waals surface area contributed by atoms with Crippen LogP contribution < -0.4 is 14.8 Å². The van der Waals surface area contributed by atoms with Gasteiger partial charge < -0.3 is 14.8 Å². The summed E-state index contributed by atoms with van der Waals surface area (Å²) >= 11 is 0. The molecule has 0 saturated heterocycles. The van der Waals surface area contributed by atoms with Crippen LogP contribution in [0.25, 0.3) is 0 Å². The minimum Gasteiger partial charge on any atom is -0.493 e. The minimum atomic E-state index is -0.116. The molecule has 0 bridgehead atoms. The fourth-order valence-corrected chi connectivity index (χ4v) is 3.24. The zero-order valence-electron chi connectivity index (χ0n) is 13.1. The molecule has 2 aromatic carbocycles. The van der Waals surface area contributed by atoms with Crippen molar-refractivity contribution in [3.05, 3.63) is 52.6 Å². The Morgan fingerprint density at radius 2 is 1.91 bits per heavy atom. The van der Waals surface area contributed by atoms with Gasteiger partial charge in [-0.1, -0.05) is 19.1 Å². The molecule has 4 rings (SSSR count). The number of carbonyl (C=O) groups is 1. The van der Waals surface area contributed by atoms with Crippen molar-refractivity contribution in [2.75, 3.05) is 18.5 Å². The molecule has 4 nitrogen and oxygen atoms in total. The molecule has 118 valence electrons. The number of hydrogen-bond donors (Lipinski definition) is 1. The second-order valence-corrected chi connectivity index (χ2v) is 5.92. The third-order valence-corrected chi connectivity index (χ3v) is 4.50. The number of hydrogen-bond acceptors (Lipinski definition) is 3. The number of nitrogens with one attached hydrogen (secondary N) is 1. The smallest absolute Gasteiger partial charge is 0.259 e. The summed E-state index contributed by atoms with van der Waals surface area (Å²) in [4.78, 5) is 12.8. The topological polar surface area (TPSA) is 47.6 Å². The third-order valence-electron chi connectivity index (χ3n) is 4.50. The molecule has 0 saturated carbocycles. The maximum Gasteiger partial charge on any atom is 0.259 e. The number of aryl methyl sites for hydroxylation is 1. The molecule has 4 heteroatoms. The van der Waals surface area contributed by atoms with Gasteiger partial charge in [0.05, 0.1) is 18.8 Å². The van der Waals surface area contributed by atoms with Crippen molar-refractivity contribution < 1.29 is 14.3 Å². The Labute approximate surface area is 135 Å². The van der Waals surface area contributed by atoms with Crippen molar-refractivity contribution in [3.63, 3.8) is 0 Å². The van der Waals surface area contributed by atoms with Gasteiger partial charge in [0.2, 0.25) is 0 Å². The van der Waals surface area contributed by atoms with E-state index in [1.807, 2.05) is 30.3 Å². The lowest BCUT2D eigenvalue weighted by Gasteiger charge is -2.13. The molecule has 2 aliphatic rings. The van der Waals surface area contributed by atoms with Crippen LogP contribution in [0.3, 0.4) is 0 Å². The van der Waals surface area contributed by atoms with Gasteiger partial charge in [0, 0.05) is 29.7 Å². The predicted molar refractivity (Wildman–Crippen MR) is 88.6 cm³/mol. The summed E-state index contributed by atoms with van der Waals surface area (Å²) in [6.07, 6.45) is 2.57. The summed E-state index contributed by atoms with van der Waals surface area (Å²) < 4.78 is 11.4. The molecule has 0 unspecified atom stereocenters. The van der Waals surface area contributed by atoms with E-state index in [1.54, 1.807) is 0 Å². The molecule has 0 radical (unpaired) electrons. The van der Waals surface area contributed by atoms with E-state index in [-0.39, 0.29) is 5.91 Å². The highest BCUT2D eigenvalue weighted by Crippen LogP contribution is 2.40. The van der Waals surface area contributed by atoms with Crippen LogP contribution in [0.4, 0.5) is 5.69 Å². The van der Waals surface area contributed by atoms with E-state index in [9.17, 15) is 4.79 Å². The average Bonchev–Trinajstić information content (AvgIpc) is 3.21. The molecule has 1 N–H and O–H groups in total. The third kappa shape index (κ3) is 2.44. The quantitative estimate of drug-likeness (QED) is 0.945. The summed E-state index contributed by atoms with van der Waals surface area (Å²) in [5.74, 6) is 1.45. The summed E-state index contributed by atoms with van der Waals surface area (Å²) in [7, 11) is 0. The van der Waals surface area contributed by atoms with Crippen LogP contribution in [0.15, 0.2) is 30.3 Å². The molecule has 0 atom stereocenters. The Morgan fingerprint density at radius 3 is 2.70 bits per heavy atom. The molecule has 2 aliphatic heterocycles. The maximum absolute atomic E-state index is 12.8. The number of amides is 1. The van der Waals surface area contributed by atoms with Crippen molar-refractivity contribution >= 4 is 11.6 Å². The summed E-state index contributed by atoms with van der Waals surface area (Å²) in [5.41, 5.74) is 4.73. The first-order valence-corrected chi connectivity index (χ1v) is 8.11. The normalized spacial score (nSPS) is 14.7. The zero-order chi connectivity index (χ0) is 15.8. The van der Waals surface area contributed by atoms with E-state index in [2.05, 4.69) is 12.2 Å². The Kier molecular flexibility index (Phi) is 3.45. The fourth-order valence-electron chi connectivity index (χ4n) is 3.24. The molecular formula is C19H19NO3. The molecule has 2 heterocycles. The van der Waals surface area contributed by atoms with Crippen molar-refractivity contribution in [1.29, 1.82) is 0 Å². The molecule has 0 fully saturated rings. The van der Waals surface area contributed by atoms with E-state index in [0.29, 0.717) is 18.8 Å². The number of carbonyl (C=O) groups excluding carboxylic acids is 1. The minimum absolute atomic E-state index is 0.116. The fraction of sp³-hybridized carbons (Fsp3) is 0.316. The number of anilines is 1. The number of ether oxygens (including phenoxy) is 2. The van der Waals surface area contributed by atoms with Crippen LogP contribution in [0.2, 0.25) is 0 Å². The van der Waals surface area contributed by atoms with E-state index < -0.39 is 0 Å². The number of fused-ring (bicyclic) bond motifs is 2. The van der Waals surface area contributed by atoms with Crippen LogP contribution in [0, 0.1) is 0 Å². The average molecular weight is 309 g/mol. The SMILES string of the molecule is CCc1ccc(NC(=O)c2c3c(cc4c2OCC4)OCC3)cc1. The summed E-state index contributed by atoms with van der Waals surface area (Å²) in [5, 5.41) is 2.99. The summed E-state index contributed by atoms with van der Waals surface area (Å²) in [6, 6.07) is 9.98. The van der Waals surface area contributed by atoms with Crippen LogP contribution in [0.1, 0.15) is 34.0 Å². The number of benzene rings is 2. The Hall–Kier alpha value is -2.49. The Morgan fingerprint density at radius 1 is 1.13 bits per heavy atom. The predicted octanol–water partition coefficient (Wildman–Crippen LogP) is 3.37. The van der Waals surface area contributed by atoms with Gasteiger partial charge in [-0.2, -0.15) is 0 Å². The van der Waals surface area contributed by atoms with E-state index in [4.69, 9.17) is 9.47 Å². The highest BCUT2D eigenvalue weighted by molar-refractivity contribution is 6.08. The van der Waals surface area contributed by atoms with Gasteiger partial charge in [0.15, 0.2) is 0 Å². The first kappa shape index (κ1) is 14.1. The second kappa shape index (κ2) is 5.61. The summed E-state index contributed by atoms with van der Waals surface area (Å²) in [6.45, 7) is 3.37. The highest BCUT2D eigenvalue weighted by Gasteiger charge is 2.30. The van der Waals surface area contributed by atoms with E-state index >= 15 is 0 Å². The van der Waals surface area contributed by atoms with Gasteiger partial charge in [-0.15, -0.1) is 0 Å². The first-order valence-electron chi connectivity index (χ1n) is 8.11. The molecule has 23 heavy (non-hydrogen) atoms. The standard InChI is InChI=1S/C19H19NO3/c1-2-12-3-5-14(6-4-12)20-19(21)17-15-8-10-22-16(15)11-13-7-9-23-18(13)17/h3-6,11H,2,7-10H2,1H3,(H,20,21). The molecule has 1 amide bonds. The van der Waals surface area contributed by atoms with Crippen LogP contribution >= 0.6 is 0 Å². The van der Waals surface area contributed by atoms with Crippen molar-refractivity contribution in [3.8, 4) is 11.5 Å². The molecule has 0 aromatic heterocycles. The van der Waals surface area contributed by atoms with Gasteiger partial charge in [0.25, 0.3) is 5.91 Å². The number of rotatable bonds is 3. The lowest BCUT2D eigenvalue weighted by Crippen LogP contribution is -2.15. The lowest BCUT2D eigenvalue weighted by atomic mass is 9.99. The monoisotopic (exact) mass is 309 g/mol. The van der Waals surface area contributed by atoms with Crippen LogP contribution in [0.5, 0.6) is 11.5 Å². The van der Waals surface area contributed by atoms with Crippen LogP contribution in [-0.2, 0) is 19.3 Å². The molecular weight excluding hydrogens is 290 g/mol. The Balaban J connectivity index is 1.68. The second-order valence-electron chi connectivity index (χ2n) is 5.92. The van der Waals surface area contributed by atoms with Gasteiger partial charge in [0.1, 0.15) is 11.5 Å². The van der Waals surface area contributed by atoms with Crippen molar-refractivity contribution in [2.45, 2.75) is 26.2 Å². The van der Waals surface area contributed by atoms with Gasteiger partial charge >= 0.3 is 0 Å². The van der Waals surface area contributed by atoms with E-state index in [1.165, 1.54) is 5.56 Å². The van der Waals surface area contributed by atoms with Crippen LogP contribution in [-0.4, -0.2) is 19.1 Å². The van der Waals surface area contributed by atoms with Crippen molar-refractivity contribution in [2.24, 2.45) is 0 Å².